The molecule has 1 amide bonds. The van der Waals surface area contributed by atoms with Gasteiger partial charge < -0.3 is 15.8 Å². The lowest BCUT2D eigenvalue weighted by molar-refractivity contribution is -0.371. The molecule has 2 aromatic rings. The van der Waals surface area contributed by atoms with Gasteiger partial charge in [-0.3, -0.25) is 9.59 Å². The number of hydrogen-bond acceptors (Lipinski definition) is 3. The molecule has 2 unspecified atom stereocenters. The number of benzene rings is 2. The van der Waals surface area contributed by atoms with Gasteiger partial charge in [-0.15, -0.1) is 0 Å². The summed E-state index contributed by atoms with van der Waals surface area (Å²) in [4.78, 5) is 23.7. The number of ether oxygens (including phenoxy) is 1. The predicted molar refractivity (Wildman–Crippen MR) is 151 cm³/mol. The molecule has 4 N–H and O–H groups in total. The summed E-state index contributed by atoms with van der Waals surface area (Å²) in [6, 6.07) is 13.1. The van der Waals surface area contributed by atoms with Gasteiger partial charge in [0.25, 0.3) is 0 Å². The van der Waals surface area contributed by atoms with E-state index in [0.29, 0.717) is 5.92 Å². The molecular formula is C30H40BrF2N2O3+. The molecule has 0 bridgehead atoms. The van der Waals surface area contributed by atoms with E-state index in [2.05, 4.69) is 45.7 Å². The molecule has 2 atom stereocenters. The number of alkyl halides is 1. The van der Waals surface area contributed by atoms with E-state index in [4.69, 9.17) is 4.74 Å². The molecule has 0 aromatic heterocycles. The van der Waals surface area contributed by atoms with Crippen LogP contribution in [-0.4, -0.2) is 30.4 Å². The summed E-state index contributed by atoms with van der Waals surface area (Å²) < 4.78 is 31.0. The molecule has 0 spiro atoms. The molecule has 2 aromatic carbocycles. The lowest BCUT2D eigenvalue weighted by Gasteiger charge is -2.41. The van der Waals surface area contributed by atoms with Gasteiger partial charge in [0.05, 0.1) is 12.0 Å². The zero-order valence-corrected chi connectivity index (χ0v) is 24.0. The number of esters is 1. The highest BCUT2D eigenvalue weighted by atomic mass is 79.9. The van der Waals surface area contributed by atoms with E-state index in [1.54, 1.807) is 0 Å². The standard InChI is InChI=1S/C21H29NO2.C8H7F2NO.CH3Br/c1-16-15-19(18(16)11-14-22)24-20(23)21(12-7-2-3-8-13-21)17-9-5-4-6-10-17;1-5(12)11-8-3-6(9)2-7(10)4-8;1-2/h4-6,9-10,18-19H,1-3,7-8,11-15,22H2;2-4H,1H3,(H,11,12);1H3/p+1. The van der Waals surface area contributed by atoms with E-state index < -0.39 is 17.0 Å². The Labute approximate surface area is 233 Å². The Hall–Kier alpha value is -2.58. The summed E-state index contributed by atoms with van der Waals surface area (Å²) in [6.07, 6.45) is 8.24. The molecule has 2 fully saturated rings. The second-order valence-corrected chi connectivity index (χ2v) is 9.76. The Kier molecular flexibility index (Phi) is 13.1. The summed E-state index contributed by atoms with van der Waals surface area (Å²) >= 11 is 2.94. The van der Waals surface area contributed by atoms with Gasteiger partial charge in [0, 0.05) is 37.4 Å². The normalized spacial score (nSPS) is 19.8. The van der Waals surface area contributed by atoms with Gasteiger partial charge >= 0.3 is 5.97 Å². The van der Waals surface area contributed by atoms with Crippen molar-refractivity contribution in [3.63, 3.8) is 0 Å². The molecule has 5 nitrogen and oxygen atoms in total. The molecule has 4 rings (SSSR count). The van der Waals surface area contributed by atoms with Crippen LogP contribution in [-0.2, 0) is 19.7 Å². The van der Waals surface area contributed by atoms with Crippen LogP contribution >= 0.6 is 15.9 Å². The van der Waals surface area contributed by atoms with E-state index in [1.165, 1.54) is 25.3 Å². The van der Waals surface area contributed by atoms with E-state index in [0.717, 1.165) is 68.8 Å². The van der Waals surface area contributed by atoms with Gasteiger partial charge in [-0.2, -0.15) is 0 Å². The van der Waals surface area contributed by atoms with Gasteiger partial charge in [-0.1, -0.05) is 84.1 Å². The number of carbonyl (C=O) groups excluding carboxylic acids is 2. The van der Waals surface area contributed by atoms with Crippen molar-refractivity contribution in [1.29, 1.82) is 0 Å². The van der Waals surface area contributed by atoms with Gasteiger partial charge in [-0.25, -0.2) is 8.78 Å². The number of rotatable bonds is 6. The lowest BCUT2D eigenvalue weighted by atomic mass is 9.72. The van der Waals surface area contributed by atoms with Crippen molar-refractivity contribution in [1.82, 2.24) is 0 Å². The summed E-state index contributed by atoms with van der Waals surface area (Å²) in [7, 11) is 0. The lowest BCUT2D eigenvalue weighted by Crippen LogP contribution is -2.53. The molecule has 38 heavy (non-hydrogen) atoms. The molecule has 0 aliphatic heterocycles. The number of quaternary nitrogens is 1. The number of anilines is 1. The van der Waals surface area contributed by atoms with Gasteiger partial charge in [0.1, 0.15) is 17.7 Å². The molecule has 2 saturated carbocycles. The van der Waals surface area contributed by atoms with Gasteiger partial charge in [0.2, 0.25) is 5.91 Å². The fraction of sp³-hybridized carbons (Fsp3) is 0.467. The summed E-state index contributed by atoms with van der Waals surface area (Å²) in [5, 5.41) is 2.27. The number of amides is 1. The average Bonchev–Trinajstić information content (AvgIpc) is 3.15. The zero-order chi connectivity index (χ0) is 28.1. The Balaban J connectivity index is 0.000000305. The maximum atomic E-state index is 13.3. The molecule has 2 aliphatic carbocycles. The Morgan fingerprint density at radius 2 is 1.63 bits per heavy atom. The molecule has 0 radical (unpaired) electrons. The third-order valence-electron chi connectivity index (χ3n) is 7.07. The van der Waals surface area contributed by atoms with Crippen LogP contribution in [0.2, 0.25) is 0 Å². The van der Waals surface area contributed by atoms with Crippen molar-refractivity contribution in [2.45, 2.75) is 69.8 Å². The van der Waals surface area contributed by atoms with E-state index in [9.17, 15) is 18.4 Å². The summed E-state index contributed by atoms with van der Waals surface area (Å²) in [5.74, 6) is 0.331. The van der Waals surface area contributed by atoms with Crippen molar-refractivity contribution >= 4 is 33.5 Å². The molecular weight excluding hydrogens is 554 g/mol. The minimum atomic E-state index is -0.709. The van der Waals surface area contributed by atoms with Crippen molar-refractivity contribution in [3.05, 3.63) is 77.9 Å². The highest BCUT2D eigenvalue weighted by molar-refractivity contribution is 9.08. The highest BCUT2D eigenvalue weighted by Gasteiger charge is 2.45. The molecule has 2 aliphatic rings. The van der Waals surface area contributed by atoms with E-state index in [-0.39, 0.29) is 23.7 Å². The fourth-order valence-electron chi connectivity index (χ4n) is 5.17. The predicted octanol–water partition coefficient (Wildman–Crippen LogP) is 6.33. The Morgan fingerprint density at radius 3 is 2.13 bits per heavy atom. The fourth-order valence-corrected chi connectivity index (χ4v) is 5.17. The van der Waals surface area contributed by atoms with Crippen LogP contribution in [0.3, 0.4) is 0 Å². The monoisotopic (exact) mass is 593 g/mol. The smallest absolute Gasteiger partial charge is 0.316 e. The van der Waals surface area contributed by atoms with Crippen LogP contribution in [0.15, 0.2) is 60.7 Å². The van der Waals surface area contributed by atoms with Crippen molar-refractivity contribution in [3.8, 4) is 0 Å². The molecule has 0 saturated heterocycles. The van der Waals surface area contributed by atoms with Crippen LogP contribution in [0.25, 0.3) is 0 Å². The van der Waals surface area contributed by atoms with Crippen LogP contribution in [0.5, 0.6) is 0 Å². The number of halogens is 3. The minimum Gasteiger partial charge on any atom is -0.461 e. The number of hydrogen-bond donors (Lipinski definition) is 2. The highest BCUT2D eigenvalue weighted by Crippen LogP contribution is 2.43. The van der Waals surface area contributed by atoms with Crippen molar-refractivity contribution < 1.29 is 28.8 Å². The largest absolute Gasteiger partial charge is 0.461 e. The SMILES string of the molecule is C=C1CC(OC(=O)C2(c3ccccc3)CCCCCC2)C1CC[NH3+].CBr.CC(=O)Nc1cc(F)cc(F)c1. The van der Waals surface area contributed by atoms with Gasteiger partial charge in [0.15, 0.2) is 0 Å². The second-order valence-electron chi connectivity index (χ2n) is 9.76. The number of carbonyl (C=O) groups is 2. The number of nitrogens with one attached hydrogen (secondary N) is 1. The molecule has 8 heteroatoms. The zero-order valence-electron chi connectivity index (χ0n) is 22.4. The Bertz CT molecular complexity index is 1040. The quantitative estimate of drug-likeness (QED) is 0.177. The maximum absolute atomic E-state index is 13.3. The van der Waals surface area contributed by atoms with Crippen LogP contribution in [0.1, 0.15) is 63.9 Å². The molecule has 208 valence electrons. The molecule has 0 heterocycles. The van der Waals surface area contributed by atoms with E-state index >= 15 is 0 Å². The van der Waals surface area contributed by atoms with Crippen molar-refractivity contribution in [2.75, 3.05) is 17.7 Å². The Morgan fingerprint density at radius 1 is 1.05 bits per heavy atom. The maximum Gasteiger partial charge on any atom is 0.316 e. The first-order valence-electron chi connectivity index (χ1n) is 13.1. The average molecular weight is 595 g/mol. The van der Waals surface area contributed by atoms with Crippen LogP contribution in [0, 0.1) is 17.6 Å². The van der Waals surface area contributed by atoms with Crippen LogP contribution in [0.4, 0.5) is 14.5 Å². The first kappa shape index (κ1) is 31.6. The third-order valence-corrected chi connectivity index (χ3v) is 7.07. The summed E-state index contributed by atoms with van der Waals surface area (Å²) in [5.41, 5.74) is 5.95. The minimum absolute atomic E-state index is 0.00981. The van der Waals surface area contributed by atoms with Gasteiger partial charge in [-0.05, 0) is 36.4 Å². The topological polar surface area (TPSA) is 83.0 Å². The second kappa shape index (κ2) is 15.7. The van der Waals surface area contributed by atoms with Crippen LogP contribution < -0.4 is 11.1 Å². The first-order chi connectivity index (χ1) is 18.2. The third kappa shape index (κ3) is 8.73. The van der Waals surface area contributed by atoms with Crippen molar-refractivity contribution in [2.24, 2.45) is 5.92 Å². The first-order valence-corrected chi connectivity index (χ1v) is 14.7. The summed E-state index contributed by atoms with van der Waals surface area (Å²) in [6.45, 7) is 6.23. The van der Waals surface area contributed by atoms with E-state index in [1.807, 2.05) is 24.0 Å².